The molecule has 8 heteroatoms. The van der Waals surface area contributed by atoms with Crippen molar-refractivity contribution in [3.05, 3.63) is 18.2 Å². The van der Waals surface area contributed by atoms with Crippen LogP contribution in [0.4, 0.5) is 5.69 Å². The van der Waals surface area contributed by atoms with Crippen molar-refractivity contribution in [3.8, 4) is 5.75 Å². The third-order valence-electron chi connectivity index (χ3n) is 2.86. The second-order valence-electron chi connectivity index (χ2n) is 4.54. The molecular formula is C13H20N2O5S. The number of rotatable bonds is 6. The van der Waals surface area contributed by atoms with Crippen molar-refractivity contribution in [1.29, 1.82) is 0 Å². The predicted molar refractivity (Wildman–Crippen MR) is 79.0 cm³/mol. The van der Waals surface area contributed by atoms with Crippen molar-refractivity contribution in [2.45, 2.75) is 17.9 Å². The second kappa shape index (κ2) is 6.77. The highest BCUT2D eigenvalue weighted by Gasteiger charge is 2.23. The van der Waals surface area contributed by atoms with Crippen molar-refractivity contribution in [2.24, 2.45) is 0 Å². The molecule has 0 spiro atoms. The van der Waals surface area contributed by atoms with Gasteiger partial charge in [0.1, 0.15) is 16.7 Å². The molecule has 0 aliphatic rings. The number of carbonyl (C=O) groups is 1. The zero-order valence-corrected chi connectivity index (χ0v) is 13.5. The third kappa shape index (κ3) is 3.85. The fourth-order valence-electron chi connectivity index (χ4n) is 1.65. The highest BCUT2D eigenvalue weighted by Crippen LogP contribution is 2.29. The first-order chi connectivity index (χ1) is 9.73. The molecule has 1 N–H and O–H groups in total. The standard InChI is InChI=1S/C13H20N2O5S/c1-9(13(16)20-5)14-10-6-7-11(19-4)12(8-10)21(17,18)15(2)3/h6-9,14H,1-5H3. The van der Waals surface area contributed by atoms with Gasteiger partial charge in [-0.3, -0.25) is 0 Å². The summed E-state index contributed by atoms with van der Waals surface area (Å²) in [6, 6.07) is 3.99. The zero-order chi connectivity index (χ0) is 16.2. The van der Waals surface area contributed by atoms with Gasteiger partial charge in [-0.15, -0.1) is 0 Å². The molecular weight excluding hydrogens is 296 g/mol. The van der Waals surface area contributed by atoms with Crippen LogP contribution in [0, 0.1) is 0 Å². The summed E-state index contributed by atoms with van der Waals surface area (Å²) in [5.74, 6) is -0.206. The molecule has 118 valence electrons. The van der Waals surface area contributed by atoms with Crippen LogP contribution in [0.25, 0.3) is 0 Å². The lowest BCUT2D eigenvalue weighted by Gasteiger charge is -2.17. The third-order valence-corrected chi connectivity index (χ3v) is 4.70. The Labute approximate surface area is 124 Å². The molecule has 0 aliphatic heterocycles. The Hall–Kier alpha value is -1.80. The molecule has 0 radical (unpaired) electrons. The van der Waals surface area contributed by atoms with E-state index in [4.69, 9.17) is 4.74 Å². The van der Waals surface area contributed by atoms with Gasteiger partial charge >= 0.3 is 5.97 Å². The Morgan fingerprint density at radius 3 is 2.38 bits per heavy atom. The summed E-state index contributed by atoms with van der Waals surface area (Å²) in [7, 11) is 1.91. The van der Waals surface area contributed by atoms with Gasteiger partial charge in [0.2, 0.25) is 10.0 Å². The molecule has 1 aromatic rings. The number of nitrogens with zero attached hydrogens (tertiary/aromatic N) is 1. The van der Waals surface area contributed by atoms with E-state index >= 15 is 0 Å². The van der Waals surface area contributed by atoms with Crippen LogP contribution in [-0.4, -0.2) is 53.0 Å². The molecule has 1 aromatic carbocycles. The summed E-state index contributed by atoms with van der Waals surface area (Å²) in [5, 5.41) is 2.88. The normalized spacial score (nSPS) is 12.9. The summed E-state index contributed by atoms with van der Waals surface area (Å²) < 4.78 is 35.3. The number of hydrogen-bond acceptors (Lipinski definition) is 6. The van der Waals surface area contributed by atoms with Crippen molar-refractivity contribution >= 4 is 21.7 Å². The molecule has 21 heavy (non-hydrogen) atoms. The molecule has 7 nitrogen and oxygen atoms in total. The van der Waals surface area contributed by atoms with E-state index in [-0.39, 0.29) is 10.6 Å². The van der Waals surface area contributed by atoms with Gasteiger partial charge in [-0.2, -0.15) is 0 Å². The second-order valence-corrected chi connectivity index (χ2v) is 6.66. The minimum Gasteiger partial charge on any atom is -0.495 e. The van der Waals surface area contributed by atoms with Gasteiger partial charge in [-0.05, 0) is 25.1 Å². The van der Waals surface area contributed by atoms with Crippen LogP contribution in [-0.2, 0) is 19.6 Å². The largest absolute Gasteiger partial charge is 0.495 e. The fourth-order valence-corrected chi connectivity index (χ4v) is 2.73. The Bertz CT molecular complexity index is 613. The topological polar surface area (TPSA) is 84.9 Å². The van der Waals surface area contributed by atoms with Crippen molar-refractivity contribution in [1.82, 2.24) is 4.31 Å². The summed E-state index contributed by atoms with van der Waals surface area (Å²) in [6.07, 6.45) is 0. The van der Waals surface area contributed by atoms with Gasteiger partial charge in [0.05, 0.1) is 14.2 Å². The lowest BCUT2D eigenvalue weighted by atomic mass is 10.2. The monoisotopic (exact) mass is 316 g/mol. The van der Waals surface area contributed by atoms with E-state index < -0.39 is 22.0 Å². The van der Waals surface area contributed by atoms with Crippen molar-refractivity contribution < 1.29 is 22.7 Å². The number of carbonyl (C=O) groups excluding carboxylic acids is 1. The summed E-state index contributed by atoms with van der Waals surface area (Å²) in [6.45, 7) is 1.62. The van der Waals surface area contributed by atoms with Gasteiger partial charge in [-0.1, -0.05) is 0 Å². The number of ether oxygens (including phenoxy) is 2. The number of benzene rings is 1. The zero-order valence-electron chi connectivity index (χ0n) is 12.7. The molecule has 1 atom stereocenters. The van der Waals surface area contributed by atoms with Crippen LogP contribution in [0.5, 0.6) is 5.75 Å². The number of nitrogens with one attached hydrogen (secondary N) is 1. The maximum Gasteiger partial charge on any atom is 0.327 e. The maximum atomic E-state index is 12.3. The number of methoxy groups -OCH3 is 2. The maximum absolute atomic E-state index is 12.3. The fraction of sp³-hybridized carbons (Fsp3) is 0.462. The highest BCUT2D eigenvalue weighted by molar-refractivity contribution is 7.89. The summed E-state index contributed by atoms with van der Waals surface area (Å²) >= 11 is 0. The first-order valence-electron chi connectivity index (χ1n) is 6.19. The first kappa shape index (κ1) is 17.3. The van der Waals surface area contributed by atoms with Gasteiger partial charge < -0.3 is 14.8 Å². The van der Waals surface area contributed by atoms with E-state index in [1.54, 1.807) is 13.0 Å². The quantitative estimate of drug-likeness (QED) is 0.786. The van der Waals surface area contributed by atoms with Gasteiger partial charge in [0.25, 0.3) is 0 Å². The van der Waals surface area contributed by atoms with Gasteiger partial charge in [-0.25, -0.2) is 17.5 Å². The SMILES string of the molecule is COC(=O)C(C)Nc1ccc(OC)c(S(=O)(=O)N(C)C)c1. The van der Waals surface area contributed by atoms with E-state index in [1.165, 1.54) is 40.4 Å². The highest BCUT2D eigenvalue weighted by atomic mass is 32.2. The molecule has 1 rings (SSSR count). The average molecular weight is 316 g/mol. The molecule has 0 amide bonds. The number of sulfonamides is 1. The lowest BCUT2D eigenvalue weighted by Crippen LogP contribution is -2.27. The van der Waals surface area contributed by atoms with Crippen LogP contribution < -0.4 is 10.1 Å². The Balaban J connectivity index is 3.21. The Morgan fingerprint density at radius 1 is 1.29 bits per heavy atom. The predicted octanol–water partition coefficient (Wildman–Crippen LogP) is 0.919. The number of esters is 1. The molecule has 0 heterocycles. The molecule has 0 saturated heterocycles. The van der Waals surface area contributed by atoms with Gasteiger partial charge in [0, 0.05) is 19.8 Å². The molecule has 0 saturated carbocycles. The minimum atomic E-state index is -3.65. The van der Waals surface area contributed by atoms with E-state index in [0.717, 1.165) is 4.31 Å². The average Bonchev–Trinajstić information content (AvgIpc) is 2.45. The van der Waals surface area contributed by atoms with Crippen molar-refractivity contribution in [3.63, 3.8) is 0 Å². The molecule has 0 fully saturated rings. The van der Waals surface area contributed by atoms with E-state index in [2.05, 4.69) is 10.1 Å². The molecule has 1 unspecified atom stereocenters. The summed E-state index contributed by atoms with van der Waals surface area (Å²) in [4.78, 5) is 11.4. The Morgan fingerprint density at radius 2 is 1.90 bits per heavy atom. The summed E-state index contributed by atoms with van der Waals surface area (Å²) in [5.41, 5.74) is 0.481. The van der Waals surface area contributed by atoms with Crippen LogP contribution in [0.2, 0.25) is 0 Å². The minimum absolute atomic E-state index is 0.0251. The smallest absolute Gasteiger partial charge is 0.327 e. The van der Waals surface area contributed by atoms with E-state index in [1.807, 2.05) is 0 Å². The number of anilines is 1. The van der Waals surface area contributed by atoms with Crippen LogP contribution in [0.15, 0.2) is 23.1 Å². The Kier molecular flexibility index (Phi) is 5.56. The molecule has 0 aliphatic carbocycles. The van der Waals surface area contributed by atoms with Crippen LogP contribution >= 0.6 is 0 Å². The van der Waals surface area contributed by atoms with Crippen LogP contribution in [0.3, 0.4) is 0 Å². The van der Waals surface area contributed by atoms with E-state index in [0.29, 0.717) is 5.69 Å². The molecule has 0 aromatic heterocycles. The van der Waals surface area contributed by atoms with Crippen LogP contribution in [0.1, 0.15) is 6.92 Å². The number of hydrogen-bond donors (Lipinski definition) is 1. The lowest BCUT2D eigenvalue weighted by molar-refractivity contribution is -0.141. The molecule has 0 bridgehead atoms. The van der Waals surface area contributed by atoms with E-state index in [9.17, 15) is 13.2 Å². The van der Waals surface area contributed by atoms with Gasteiger partial charge in [0.15, 0.2) is 0 Å². The first-order valence-corrected chi connectivity index (χ1v) is 7.63. The van der Waals surface area contributed by atoms with Crippen molar-refractivity contribution in [2.75, 3.05) is 33.6 Å².